The van der Waals surface area contributed by atoms with Crippen LogP contribution in [0.3, 0.4) is 0 Å². The predicted molar refractivity (Wildman–Crippen MR) is 63.8 cm³/mol. The SMILES string of the molecule is OCc1cnc(Sc2ncnc3nc[nH]c23)nc1. The van der Waals surface area contributed by atoms with Gasteiger partial charge in [-0.2, -0.15) is 0 Å². The Bertz CT molecular complexity index is 667. The average Bonchev–Trinajstić information content (AvgIpc) is 2.89. The summed E-state index contributed by atoms with van der Waals surface area (Å²) in [5.74, 6) is 0. The van der Waals surface area contributed by atoms with Crippen LogP contribution >= 0.6 is 11.8 Å². The molecule has 18 heavy (non-hydrogen) atoms. The van der Waals surface area contributed by atoms with E-state index in [-0.39, 0.29) is 6.61 Å². The number of nitrogens with zero attached hydrogens (tertiary/aromatic N) is 5. The zero-order valence-corrected chi connectivity index (χ0v) is 9.92. The second-order valence-corrected chi connectivity index (χ2v) is 4.37. The maximum absolute atomic E-state index is 8.91. The number of H-pyrrole nitrogens is 1. The topological polar surface area (TPSA) is 100 Å². The molecule has 0 aliphatic carbocycles. The summed E-state index contributed by atoms with van der Waals surface area (Å²) in [5, 5.41) is 10.2. The Hall–Kier alpha value is -2.06. The van der Waals surface area contributed by atoms with Gasteiger partial charge in [0.2, 0.25) is 0 Å². The minimum absolute atomic E-state index is 0.0662. The molecule has 3 rings (SSSR count). The largest absolute Gasteiger partial charge is 0.392 e. The number of nitrogens with one attached hydrogen (secondary N) is 1. The third-order valence-corrected chi connectivity index (χ3v) is 3.14. The highest BCUT2D eigenvalue weighted by molar-refractivity contribution is 7.99. The molecular weight excluding hydrogens is 252 g/mol. The highest BCUT2D eigenvalue weighted by atomic mass is 32.2. The number of aliphatic hydroxyl groups excluding tert-OH is 1. The summed E-state index contributed by atoms with van der Waals surface area (Å²) in [6, 6.07) is 0. The Kier molecular flexibility index (Phi) is 2.87. The van der Waals surface area contributed by atoms with Crippen LogP contribution in [-0.2, 0) is 6.61 Å². The second kappa shape index (κ2) is 4.67. The van der Waals surface area contributed by atoms with Crippen LogP contribution in [-0.4, -0.2) is 35.0 Å². The fourth-order valence-corrected chi connectivity index (χ4v) is 2.12. The molecule has 2 N–H and O–H groups in total. The fraction of sp³-hybridized carbons (Fsp3) is 0.100. The van der Waals surface area contributed by atoms with Gasteiger partial charge in [-0.15, -0.1) is 0 Å². The second-order valence-electron chi connectivity index (χ2n) is 3.41. The van der Waals surface area contributed by atoms with Gasteiger partial charge >= 0.3 is 0 Å². The normalized spacial score (nSPS) is 10.9. The molecule has 0 saturated heterocycles. The minimum Gasteiger partial charge on any atom is -0.392 e. The number of aliphatic hydroxyl groups is 1. The van der Waals surface area contributed by atoms with Crippen molar-refractivity contribution < 1.29 is 5.11 Å². The molecule has 0 radical (unpaired) electrons. The lowest BCUT2D eigenvalue weighted by atomic mass is 10.4. The third kappa shape index (κ3) is 2.03. The van der Waals surface area contributed by atoms with Crippen LogP contribution < -0.4 is 0 Å². The van der Waals surface area contributed by atoms with E-state index >= 15 is 0 Å². The highest BCUT2D eigenvalue weighted by Crippen LogP contribution is 2.26. The molecule has 3 aromatic rings. The molecule has 0 aromatic carbocycles. The van der Waals surface area contributed by atoms with Gasteiger partial charge in [0.1, 0.15) is 16.9 Å². The number of aromatic nitrogens is 6. The number of fused-ring (bicyclic) bond motifs is 1. The van der Waals surface area contributed by atoms with Crippen molar-refractivity contribution in [1.29, 1.82) is 0 Å². The maximum Gasteiger partial charge on any atom is 0.193 e. The predicted octanol–water partition coefficient (Wildman–Crippen LogP) is 0.786. The van der Waals surface area contributed by atoms with Crippen LogP contribution in [0.4, 0.5) is 0 Å². The van der Waals surface area contributed by atoms with Gasteiger partial charge in [-0.3, -0.25) is 0 Å². The molecular formula is C10H8N6OS. The van der Waals surface area contributed by atoms with Gasteiger partial charge in [-0.05, 0) is 11.8 Å². The third-order valence-electron chi connectivity index (χ3n) is 2.24. The Morgan fingerprint density at radius 3 is 2.72 bits per heavy atom. The molecule has 0 aliphatic heterocycles. The van der Waals surface area contributed by atoms with Crippen LogP contribution in [0.15, 0.2) is 35.2 Å². The molecule has 0 fully saturated rings. The first-order chi connectivity index (χ1) is 8.86. The molecule has 7 nitrogen and oxygen atoms in total. The van der Waals surface area contributed by atoms with E-state index in [0.29, 0.717) is 21.4 Å². The van der Waals surface area contributed by atoms with E-state index < -0.39 is 0 Å². The highest BCUT2D eigenvalue weighted by Gasteiger charge is 2.09. The summed E-state index contributed by atoms with van der Waals surface area (Å²) >= 11 is 1.31. The van der Waals surface area contributed by atoms with Gasteiger partial charge in [0.25, 0.3) is 0 Å². The molecule has 8 heteroatoms. The molecule has 0 atom stereocenters. The molecule has 0 aliphatic rings. The van der Waals surface area contributed by atoms with Crippen molar-refractivity contribution in [2.75, 3.05) is 0 Å². The van der Waals surface area contributed by atoms with Crippen molar-refractivity contribution in [3.8, 4) is 0 Å². The van der Waals surface area contributed by atoms with Crippen molar-refractivity contribution in [2.45, 2.75) is 16.8 Å². The Morgan fingerprint density at radius 1 is 1.11 bits per heavy atom. The zero-order chi connectivity index (χ0) is 12.4. The number of rotatable bonds is 3. The van der Waals surface area contributed by atoms with Crippen LogP contribution in [0.1, 0.15) is 5.56 Å². The van der Waals surface area contributed by atoms with Crippen molar-refractivity contribution >= 4 is 22.9 Å². The van der Waals surface area contributed by atoms with Crippen LogP contribution in [0.5, 0.6) is 0 Å². The van der Waals surface area contributed by atoms with Crippen LogP contribution in [0.25, 0.3) is 11.2 Å². The molecule has 0 bridgehead atoms. The Labute approximate surface area is 106 Å². The lowest BCUT2D eigenvalue weighted by Gasteiger charge is -2.00. The smallest absolute Gasteiger partial charge is 0.193 e. The summed E-state index contributed by atoms with van der Waals surface area (Å²) in [7, 11) is 0. The summed E-state index contributed by atoms with van der Waals surface area (Å²) in [4.78, 5) is 23.5. The monoisotopic (exact) mass is 260 g/mol. The zero-order valence-electron chi connectivity index (χ0n) is 9.11. The Morgan fingerprint density at radius 2 is 1.94 bits per heavy atom. The first kappa shape index (κ1) is 11.1. The Balaban J connectivity index is 1.93. The fourth-order valence-electron chi connectivity index (χ4n) is 1.38. The number of hydrogen-bond acceptors (Lipinski definition) is 7. The van der Waals surface area contributed by atoms with E-state index in [1.54, 1.807) is 18.7 Å². The van der Waals surface area contributed by atoms with Gasteiger partial charge in [0.05, 0.1) is 12.9 Å². The van der Waals surface area contributed by atoms with E-state index in [1.807, 2.05) is 0 Å². The van der Waals surface area contributed by atoms with Crippen molar-refractivity contribution in [3.05, 3.63) is 30.6 Å². The summed E-state index contributed by atoms with van der Waals surface area (Å²) in [6.45, 7) is -0.0662. The van der Waals surface area contributed by atoms with E-state index in [1.165, 1.54) is 18.1 Å². The van der Waals surface area contributed by atoms with Gasteiger partial charge in [-0.1, -0.05) is 0 Å². The quantitative estimate of drug-likeness (QED) is 0.530. The van der Waals surface area contributed by atoms with Gasteiger partial charge in [-0.25, -0.2) is 24.9 Å². The summed E-state index contributed by atoms with van der Waals surface area (Å²) in [5.41, 5.74) is 2.05. The lowest BCUT2D eigenvalue weighted by Crippen LogP contribution is -1.92. The number of imidazole rings is 1. The summed E-state index contributed by atoms with van der Waals surface area (Å²) < 4.78 is 0. The van der Waals surface area contributed by atoms with Gasteiger partial charge < -0.3 is 10.1 Å². The summed E-state index contributed by atoms with van der Waals surface area (Å²) in [6.07, 6.45) is 6.19. The van der Waals surface area contributed by atoms with Gasteiger partial charge in [0.15, 0.2) is 10.8 Å². The number of hydrogen-bond donors (Lipinski definition) is 2. The number of aromatic amines is 1. The molecule has 3 heterocycles. The first-order valence-electron chi connectivity index (χ1n) is 5.10. The van der Waals surface area contributed by atoms with E-state index in [2.05, 4.69) is 29.9 Å². The molecule has 0 spiro atoms. The lowest BCUT2D eigenvalue weighted by molar-refractivity contribution is 0.280. The maximum atomic E-state index is 8.91. The molecule has 90 valence electrons. The van der Waals surface area contributed by atoms with Gasteiger partial charge in [0, 0.05) is 18.0 Å². The average molecular weight is 260 g/mol. The minimum atomic E-state index is -0.0662. The molecule has 0 unspecified atom stereocenters. The molecule has 0 amide bonds. The van der Waals surface area contributed by atoms with E-state index in [4.69, 9.17) is 5.11 Å². The molecule has 3 aromatic heterocycles. The van der Waals surface area contributed by atoms with Crippen molar-refractivity contribution in [1.82, 2.24) is 29.9 Å². The van der Waals surface area contributed by atoms with E-state index in [0.717, 1.165) is 5.52 Å². The van der Waals surface area contributed by atoms with Crippen molar-refractivity contribution in [2.24, 2.45) is 0 Å². The van der Waals surface area contributed by atoms with Crippen molar-refractivity contribution in [3.63, 3.8) is 0 Å². The first-order valence-corrected chi connectivity index (χ1v) is 5.92. The molecule has 0 saturated carbocycles. The van der Waals surface area contributed by atoms with Crippen LogP contribution in [0.2, 0.25) is 0 Å². The van der Waals surface area contributed by atoms with E-state index in [9.17, 15) is 0 Å². The van der Waals surface area contributed by atoms with Crippen LogP contribution in [0, 0.1) is 0 Å². The standard InChI is InChI=1S/C10H8N6OS/c17-3-6-1-11-10(12-2-6)18-9-7-8(14-4-13-7)15-5-16-9/h1-2,4-5,17H,3H2,(H,13,14,15,16).